The second-order valence-corrected chi connectivity index (χ2v) is 16.1. The molecule has 2 unspecified atom stereocenters. The molecule has 2 N–H and O–H groups in total. The van der Waals surface area contributed by atoms with E-state index in [1.807, 2.05) is 42.5 Å². The standard InChI is InChI=1S/C9H10N2OS.C8H7IN2.C8H8N2O.C5H6N4.C4H8N2OS/c12-13(7-9-10-11-9)6-8-4-2-1-3-5-8;9-7-3-1-6(2-4-7)5-8-10-11-8;11-7-3-1-6(2-4-7)5-8-9-10-8;1(5-8-9-5)4-2-6-3-7-4;1-8(7)3-2-4-5-6-4/h1-5,9H,6-7H2;1-4,8H,5H2;1-4,8,11H,5H2;2-3,5H,1H2,(H,6,7);4H,2-3H2,1H3/i2*10+1,11+1;9+1,10+1;8+1,9+1;5+1,6+1. The van der Waals surface area contributed by atoms with Crippen LogP contribution in [0.3, 0.4) is 0 Å². The Morgan fingerprint density at radius 2 is 1.17 bits per heavy atom. The van der Waals surface area contributed by atoms with Crippen LogP contribution in [0.5, 0.6) is 5.75 Å². The molecule has 0 amide bonds. The van der Waals surface area contributed by atoms with E-state index in [0.717, 1.165) is 48.3 Å². The van der Waals surface area contributed by atoms with Crippen molar-refractivity contribution in [1.29, 1.82) is 0 Å². The van der Waals surface area contributed by atoms with Crippen LogP contribution in [0.2, 0.25) is 0 Å². The van der Waals surface area contributed by atoms with Crippen molar-refractivity contribution in [2.75, 3.05) is 17.8 Å². The molecular formula is C34H39IN12O3S2. The van der Waals surface area contributed by atoms with Gasteiger partial charge in [0.1, 0.15) is 5.75 Å². The van der Waals surface area contributed by atoms with Gasteiger partial charge in [-0.3, -0.25) is 8.42 Å². The summed E-state index contributed by atoms with van der Waals surface area (Å²) in [5.41, 5.74) is 4.70. The first-order valence-corrected chi connectivity index (χ1v) is 20.7. The third-order valence-corrected chi connectivity index (χ3v) is 10.1. The van der Waals surface area contributed by atoms with Crippen molar-refractivity contribution >= 4 is 44.2 Å². The van der Waals surface area contributed by atoms with Crippen LogP contribution in [-0.4, -0.2) is 72.1 Å². The average Bonchev–Trinajstić information content (AvgIpc) is 3.90. The number of rotatable bonds is 13. The first-order valence-electron chi connectivity index (χ1n) is 16.5. The first kappa shape index (κ1) is 38.9. The number of nitrogens with one attached hydrogen (secondary N) is 1. The van der Waals surface area contributed by atoms with Gasteiger partial charge in [0.25, 0.3) is 0 Å². The molecule has 0 spiro atoms. The Morgan fingerprint density at radius 3 is 1.65 bits per heavy atom. The van der Waals surface area contributed by atoms with E-state index >= 15 is 0 Å². The Balaban J connectivity index is 0.000000127. The minimum Gasteiger partial charge on any atom is -0.508 e. The molecule has 0 bridgehead atoms. The third kappa shape index (κ3) is 18.3. The molecule has 2 atom stereocenters. The van der Waals surface area contributed by atoms with E-state index in [2.05, 4.69) is 108 Å². The number of imidazole rings is 1. The maximum Gasteiger partial charge on any atom is 0.192 e. The second-order valence-electron chi connectivity index (χ2n) is 11.8. The van der Waals surface area contributed by atoms with E-state index in [-0.39, 0.29) is 30.8 Å². The summed E-state index contributed by atoms with van der Waals surface area (Å²) >= 11 is 2.30. The Kier molecular flexibility index (Phi) is 15.5. The zero-order valence-corrected chi connectivity index (χ0v) is 32.2. The SMILES string of the molecule is CS(=O)CCC1[15N]=[15N]1.Ic1ccc(CC2[15N]=[15N]2)cc1.O=S(Cc1ccccc1)CC1[15N]=[15N]1.Oc1ccc(CC2[15N]=[15N]2)cc1.c1ncc(CC2[15N]=[15N]2)[nH]1. The average molecular weight is 865 g/mol. The summed E-state index contributed by atoms with van der Waals surface area (Å²) in [5, 5.41) is 46.5. The maximum absolute atomic E-state index is 11.5. The lowest BCUT2D eigenvalue weighted by molar-refractivity contribution is 0.475. The first-order chi connectivity index (χ1) is 25.3. The van der Waals surface area contributed by atoms with Gasteiger partial charge < -0.3 is 10.1 Å². The molecule has 0 aliphatic carbocycles. The number of aromatic hydroxyl groups is 1. The van der Waals surface area contributed by atoms with E-state index in [9.17, 15) is 8.42 Å². The highest BCUT2D eigenvalue weighted by Crippen LogP contribution is 2.19. The van der Waals surface area contributed by atoms with Gasteiger partial charge in [0.15, 0.2) is 30.8 Å². The molecule has 15 nitrogen and oxygen atoms in total. The molecule has 5 aliphatic heterocycles. The van der Waals surface area contributed by atoms with Crippen LogP contribution in [0, 0.1) is 3.57 Å². The monoisotopic (exact) mass is 864 g/mol. The number of halogens is 1. The van der Waals surface area contributed by atoms with Crippen molar-refractivity contribution in [2.24, 2.45) is 51.1 Å². The van der Waals surface area contributed by atoms with Crippen molar-refractivity contribution in [3.05, 3.63) is 117 Å². The molecule has 272 valence electrons. The molecule has 0 radical (unpaired) electrons. The molecule has 6 heterocycles. The van der Waals surface area contributed by atoms with Gasteiger partial charge in [-0.25, -0.2) is 4.98 Å². The number of aromatic nitrogens is 2. The van der Waals surface area contributed by atoms with Gasteiger partial charge in [-0.05, 0) is 63.5 Å². The van der Waals surface area contributed by atoms with Gasteiger partial charge in [0.05, 0.1) is 12.1 Å². The van der Waals surface area contributed by atoms with Crippen LogP contribution in [0.15, 0.2) is 143 Å². The van der Waals surface area contributed by atoms with E-state index in [1.54, 1.807) is 30.9 Å². The van der Waals surface area contributed by atoms with E-state index < -0.39 is 21.6 Å². The predicted molar refractivity (Wildman–Crippen MR) is 207 cm³/mol. The molecule has 3 aromatic carbocycles. The number of H-pyrrole nitrogens is 1. The second kappa shape index (κ2) is 20.7. The molecule has 0 fully saturated rings. The molecule has 0 saturated carbocycles. The Hall–Kier alpha value is -4.30. The van der Waals surface area contributed by atoms with E-state index in [4.69, 9.17) is 5.11 Å². The van der Waals surface area contributed by atoms with Crippen LogP contribution in [0.25, 0.3) is 0 Å². The van der Waals surface area contributed by atoms with Crippen LogP contribution in [0.1, 0.15) is 28.8 Å². The zero-order chi connectivity index (χ0) is 36.5. The minimum absolute atomic E-state index is 0.0181. The summed E-state index contributed by atoms with van der Waals surface area (Å²) < 4.78 is 23.1. The van der Waals surface area contributed by atoms with Crippen molar-refractivity contribution in [3.63, 3.8) is 0 Å². The van der Waals surface area contributed by atoms with Gasteiger partial charge in [-0.15, -0.1) is 0 Å². The summed E-state index contributed by atoms with van der Waals surface area (Å²) in [4.78, 5) is 6.84. The fraction of sp³-hybridized carbons (Fsp3) is 0.382. The lowest BCUT2D eigenvalue weighted by Crippen LogP contribution is -2.05. The number of aromatic amines is 1. The van der Waals surface area contributed by atoms with Crippen LogP contribution >= 0.6 is 22.6 Å². The molecule has 18 heteroatoms. The van der Waals surface area contributed by atoms with Crippen molar-refractivity contribution in [1.82, 2.24) is 9.97 Å². The lowest BCUT2D eigenvalue weighted by atomic mass is 10.1. The highest BCUT2D eigenvalue weighted by atomic mass is 127. The Bertz CT molecular complexity index is 1780. The summed E-state index contributed by atoms with van der Waals surface area (Å²) in [6.07, 6.45) is 9.59. The summed E-state index contributed by atoms with van der Waals surface area (Å²) in [5.74, 6) is 2.23. The Morgan fingerprint density at radius 1 is 0.654 bits per heavy atom. The number of benzene rings is 3. The van der Waals surface area contributed by atoms with Crippen molar-refractivity contribution in [3.8, 4) is 5.75 Å². The number of hydrogen-bond donors (Lipinski definition) is 2. The molecule has 0 saturated heterocycles. The smallest absolute Gasteiger partial charge is 0.192 e. The van der Waals surface area contributed by atoms with Gasteiger partial charge in [-0.2, -0.15) is 51.1 Å². The van der Waals surface area contributed by atoms with Gasteiger partial charge in [-0.1, -0.05) is 54.6 Å². The molecular weight excluding hydrogens is 825 g/mol. The number of phenolic OH excluding ortho intramolecular Hbond substituents is 1. The number of nitrogens with zero attached hydrogens (tertiary/aromatic N) is 11. The van der Waals surface area contributed by atoms with Gasteiger partial charge in [0.2, 0.25) is 0 Å². The number of hydrogen-bond acceptors (Lipinski definition) is 14. The quantitative estimate of drug-likeness (QED) is 0.104. The number of phenols is 1. The van der Waals surface area contributed by atoms with Crippen LogP contribution in [0.4, 0.5) is 0 Å². The molecule has 5 aliphatic rings. The normalized spacial score (nSPS) is 16.9. The Labute approximate surface area is 320 Å². The van der Waals surface area contributed by atoms with Gasteiger partial charge in [0, 0.05) is 80.5 Å². The highest BCUT2D eigenvalue weighted by Gasteiger charge is 2.19. The summed E-state index contributed by atoms with van der Waals surface area (Å²) in [7, 11) is -1.49. The highest BCUT2D eigenvalue weighted by molar-refractivity contribution is 14.1. The zero-order valence-electron chi connectivity index (χ0n) is 28.4. The molecule has 9 rings (SSSR count). The van der Waals surface area contributed by atoms with Crippen molar-refractivity contribution < 1.29 is 13.5 Å². The molecule has 1 aromatic heterocycles. The van der Waals surface area contributed by atoms with Crippen LogP contribution < -0.4 is 0 Å². The topological polar surface area (TPSA) is 207 Å². The summed E-state index contributed by atoms with van der Waals surface area (Å²) in [6, 6.07) is 25.5. The largest absolute Gasteiger partial charge is 0.508 e. The van der Waals surface area contributed by atoms with E-state index in [1.165, 1.54) is 9.13 Å². The molecule has 4 aromatic rings. The third-order valence-electron chi connectivity index (χ3n) is 7.21. The van der Waals surface area contributed by atoms with E-state index in [0.29, 0.717) is 17.3 Å². The predicted octanol–water partition coefficient (Wildman–Crippen LogP) is 7.37. The minimum atomic E-state index is -0.826. The fourth-order valence-corrected chi connectivity index (χ4v) is 6.24. The van der Waals surface area contributed by atoms with Crippen LogP contribution in [-0.2, 0) is 46.6 Å². The lowest BCUT2D eigenvalue weighted by Gasteiger charge is -1.98. The maximum atomic E-state index is 11.5. The molecule has 52 heavy (non-hydrogen) atoms. The van der Waals surface area contributed by atoms with Crippen molar-refractivity contribution in [2.45, 2.75) is 62.3 Å². The fourth-order valence-electron chi connectivity index (χ4n) is 4.19. The van der Waals surface area contributed by atoms with Gasteiger partial charge >= 0.3 is 0 Å². The summed E-state index contributed by atoms with van der Waals surface area (Å²) in [6.45, 7) is 0.